The van der Waals surface area contributed by atoms with Gasteiger partial charge in [0.05, 0.1) is 12.7 Å². The lowest BCUT2D eigenvalue weighted by molar-refractivity contribution is 0.00708. The average molecular weight is 169 g/mol. The highest BCUT2D eigenvalue weighted by molar-refractivity contribution is 4.78. The molecule has 0 saturated heterocycles. The van der Waals surface area contributed by atoms with Crippen LogP contribution < -0.4 is 5.73 Å². The second-order valence-corrected chi connectivity index (χ2v) is 3.44. The minimum absolute atomic E-state index is 0.391. The molecule has 0 aromatic rings. The Morgan fingerprint density at radius 3 is 2.83 bits per heavy atom. The molecule has 70 valence electrons. The monoisotopic (exact) mass is 169 g/mol. The molecule has 0 aromatic carbocycles. The Balaban J connectivity index is 2.30. The highest BCUT2D eigenvalue weighted by atomic mass is 16.5. The molecular formula is C10H19NO. The molecule has 0 aliphatic heterocycles. The fourth-order valence-corrected chi connectivity index (χ4v) is 1.85. The zero-order valence-electron chi connectivity index (χ0n) is 7.67. The molecule has 1 aliphatic carbocycles. The Hall–Kier alpha value is -0.340. The second kappa shape index (κ2) is 5.33. The second-order valence-electron chi connectivity index (χ2n) is 3.44. The first-order chi connectivity index (χ1) is 5.88. The van der Waals surface area contributed by atoms with Gasteiger partial charge in [0.1, 0.15) is 0 Å². The van der Waals surface area contributed by atoms with Crippen molar-refractivity contribution in [3.63, 3.8) is 0 Å². The molecule has 0 spiro atoms. The van der Waals surface area contributed by atoms with Crippen LogP contribution in [0.25, 0.3) is 0 Å². The predicted octanol–water partition coefficient (Wildman–Crippen LogP) is 1.71. The fourth-order valence-electron chi connectivity index (χ4n) is 1.85. The summed E-state index contributed by atoms with van der Waals surface area (Å²) < 4.78 is 5.64. The SMILES string of the molecule is C=CCOC1CCCCC1CN. The minimum Gasteiger partial charge on any atom is -0.374 e. The third-order valence-electron chi connectivity index (χ3n) is 2.57. The Labute approximate surface area is 74.8 Å². The van der Waals surface area contributed by atoms with E-state index in [2.05, 4.69) is 6.58 Å². The van der Waals surface area contributed by atoms with Crippen LogP contribution in [0.5, 0.6) is 0 Å². The molecule has 1 rings (SSSR count). The molecule has 0 heterocycles. The van der Waals surface area contributed by atoms with Crippen molar-refractivity contribution in [2.75, 3.05) is 13.2 Å². The number of hydrogen-bond acceptors (Lipinski definition) is 2. The van der Waals surface area contributed by atoms with Crippen LogP contribution in [0.3, 0.4) is 0 Å². The van der Waals surface area contributed by atoms with Gasteiger partial charge in [0.15, 0.2) is 0 Å². The van der Waals surface area contributed by atoms with Crippen molar-refractivity contribution >= 4 is 0 Å². The summed E-state index contributed by atoms with van der Waals surface area (Å²) in [7, 11) is 0. The van der Waals surface area contributed by atoms with Crippen molar-refractivity contribution < 1.29 is 4.74 Å². The lowest BCUT2D eigenvalue weighted by Gasteiger charge is -2.30. The molecule has 0 bridgehead atoms. The molecule has 1 fully saturated rings. The standard InChI is InChI=1S/C10H19NO/c1-2-7-12-10-6-4-3-5-9(10)8-11/h2,9-10H,1,3-8,11H2. The van der Waals surface area contributed by atoms with Crippen molar-refractivity contribution in [1.82, 2.24) is 0 Å². The van der Waals surface area contributed by atoms with Crippen molar-refractivity contribution in [3.8, 4) is 0 Å². The zero-order chi connectivity index (χ0) is 8.81. The molecule has 2 atom stereocenters. The van der Waals surface area contributed by atoms with E-state index in [0.717, 1.165) is 6.54 Å². The molecule has 12 heavy (non-hydrogen) atoms. The summed E-state index contributed by atoms with van der Waals surface area (Å²) >= 11 is 0. The van der Waals surface area contributed by atoms with Gasteiger partial charge in [-0.25, -0.2) is 0 Å². The van der Waals surface area contributed by atoms with Gasteiger partial charge >= 0.3 is 0 Å². The summed E-state index contributed by atoms with van der Waals surface area (Å²) in [5.41, 5.74) is 5.66. The van der Waals surface area contributed by atoms with Crippen molar-refractivity contribution in [1.29, 1.82) is 0 Å². The van der Waals surface area contributed by atoms with Crippen LogP contribution in [0.15, 0.2) is 12.7 Å². The van der Waals surface area contributed by atoms with E-state index >= 15 is 0 Å². The lowest BCUT2D eigenvalue weighted by atomic mass is 9.86. The largest absolute Gasteiger partial charge is 0.374 e. The van der Waals surface area contributed by atoms with E-state index < -0.39 is 0 Å². The molecule has 1 aliphatic rings. The van der Waals surface area contributed by atoms with Crippen LogP contribution in [-0.2, 0) is 4.74 Å². The van der Waals surface area contributed by atoms with Gasteiger partial charge in [0, 0.05) is 0 Å². The summed E-state index contributed by atoms with van der Waals surface area (Å²) in [6, 6.07) is 0. The Bertz CT molecular complexity index is 136. The highest BCUT2D eigenvalue weighted by Gasteiger charge is 2.23. The van der Waals surface area contributed by atoms with Gasteiger partial charge in [0.25, 0.3) is 0 Å². The molecule has 2 N–H and O–H groups in total. The number of nitrogens with two attached hydrogens (primary N) is 1. The molecule has 2 unspecified atom stereocenters. The Morgan fingerprint density at radius 2 is 2.17 bits per heavy atom. The first-order valence-electron chi connectivity index (χ1n) is 4.81. The highest BCUT2D eigenvalue weighted by Crippen LogP contribution is 2.25. The van der Waals surface area contributed by atoms with Crippen molar-refractivity contribution in [3.05, 3.63) is 12.7 Å². The first-order valence-corrected chi connectivity index (χ1v) is 4.81. The maximum absolute atomic E-state index is 5.66. The average Bonchev–Trinajstić information content (AvgIpc) is 2.15. The zero-order valence-corrected chi connectivity index (χ0v) is 7.67. The van der Waals surface area contributed by atoms with Crippen molar-refractivity contribution in [2.45, 2.75) is 31.8 Å². The summed E-state index contributed by atoms with van der Waals surface area (Å²) in [5, 5.41) is 0. The molecule has 1 saturated carbocycles. The minimum atomic E-state index is 0.391. The molecular weight excluding hydrogens is 150 g/mol. The van der Waals surface area contributed by atoms with E-state index in [4.69, 9.17) is 10.5 Å². The molecule has 0 amide bonds. The summed E-state index contributed by atoms with van der Waals surface area (Å²) in [4.78, 5) is 0. The van der Waals surface area contributed by atoms with E-state index in [-0.39, 0.29) is 0 Å². The Kier molecular flexibility index (Phi) is 4.33. The van der Waals surface area contributed by atoms with Gasteiger partial charge in [-0.15, -0.1) is 6.58 Å². The molecule has 0 radical (unpaired) electrons. The number of ether oxygens (including phenoxy) is 1. The topological polar surface area (TPSA) is 35.2 Å². The van der Waals surface area contributed by atoms with Crippen molar-refractivity contribution in [2.24, 2.45) is 11.7 Å². The summed E-state index contributed by atoms with van der Waals surface area (Å²) in [5.74, 6) is 0.582. The maximum atomic E-state index is 5.66. The normalized spacial score (nSPS) is 30.1. The van der Waals surface area contributed by atoms with Gasteiger partial charge in [-0.1, -0.05) is 18.9 Å². The lowest BCUT2D eigenvalue weighted by Crippen LogP contribution is -2.33. The quantitative estimate of drug-likeness (QED) is 0.650. The van der Waals surface area contributed by atoms with E-state index in [9.17, 15) is 0 Å². The first kappa shape index (κ1) is 9.75. The summed E-state index contributed by atoms with van der Waals surface area (Å²) in [6.45, 7) is 5.07. The van der Waals surface area contributed by atoms with E-state index in [1.54, 1.807) is 0 Å². The molecule has 2 heteroatoms. The van der Waals surface area contributed by atoms with E-state index in [0.29, 0.717) is 18.6 Å². The maximum Gasteiger partial charge on any atom is 0.0648 e. The number of hydrogen-bond donors (Lipinski definition) is 1. The van der Waals surface area contributed by atoms with Crippen LogP contribution in [0.2, 0.25) is 0 Å². The van der Waals surface area contributed by atoms with Crippen LogP contribution in [0, 0.1) is 5.92 Å². The molecule has 2 nitrogen and oxygen atoms in total. The van der Waals surface area contributed by atoms with Gasteiger partial charge in [-0.3, -0.25) is 0 Å². The van der Waals surface area contributed by atoms with Gasteiger partial charge in [-0.05, 0) is 25.3 Å². The van der Waals surface area contributed by atoms with Crippen LogP contribution in [0.1, 0.15) is 25.7 Å². The predicted molar refractivity (Wildman–Crippen MR) is 50.9 cm³/mol. The fraction of sp³-hybridized carbons (Fsp3) is 0.800. The van der Waals surface area contributed by atoms with Crippen LogP contribution in [-0.4, -0.2) is 19.3 Å². The van der Waals surface area contributed by atoms with Gasteiger partial charge in [-0.2, -0.15) is 0 Å². The third kappa shape index (κ3) is 2.61. The van der Waals surface area contributed by atoms with E-state index in [1.807, 2.05) is 6.08 Å². The molecule has 0 aromatic heterocycles. The van der Waals surface area contributed by atoms with Gasteiger partial charge < -0.3 is 10.5 Å². The van der Waals surface area contributed by atoms with E-state index in [1.165, 1.54) is 25.7 Å². The van der Waals surface area contributed by atoms with Gasteiger partial charge in [0.2, 0.25) is 0 Å². The Morgan fingerprint density at radius 1 is 1.42 bits per heavy atom. The summed E-state index contributed by atoms with van der Waals surface area (Å²) in [6.07, 6.45) is 7.21. The number of rotatable bonds is 4. The smallest absolute Gasteiger partial charge is 0.0648 e. The third-order valence-corrected chi connectivity index (χ3v) is 2.57. The van der Waals surface area contributed by atoms with Crippen LogP contribution in [0.4, 0.5) is 0 Å². The van der Waals surface area contributed by atoms with Crippen LogP contribution >= 0.6 is 0 Å².